The van der Waals surface area contributed by atoms with Crippen LogP contribution in [0.4, 0.5) is 0 Å². The zero-order valence-corrected chi connectivity index (χ0v) is 13.1. The maximum absolute atomic E-state index is 11.7. The molecule has 0 saturated heterocycles. The van der Waals surface area contributed by atoms with Crippen molar-refractivity contribution in [2.24, 2.45) is 0 Å². The first-order valence-corrected chi connectivity index (χ1v) is 9.08. The summed E-state index contributed by atoms with van der Waals surface area (Å²) in [6.45, 7) is 3.92. The average molecular weight is 297 g/mol. The number of hydrogen-bond acceptors (Lipinski definition) is 6. The molecule has 0 saturated carbocycles. The molecule has 1 unspecified atom stereocenters. The summed E-state index contributed by atoms with van der Waals surface area (Å²) in [6.07, 6.45) is 1.83. The lowest BCUT2D eigenvalue weighted by atomic mass is 10.00. The van der Waals surface area contributed by atoms with Gasteiger partial charge in [0.05, 0.1) is 12.4 Å². The van der Waals surface area contributed by atoms with Crippen LogP contribution >= 0.6 is 11.8 Å². The van der Waals surface area contributed by atoms with Gasteiger partial charge in [0.1, 0.15) is 15.4 Å². The molecular weight excluding hydrogens is 274 g/mol. The molecule has 1 atom stereocenters. The molecule has 18 heavy (non-hydrogen) atoms. The molecule has 0 aliphatic carbocycles. The van der Waals surface area contributed by atoms with Gasteiger partial charge in [-0.15, -0.1) is 0 Å². The standard InChI is InChI=1S/C11H23NO4S2/c1-5-16-10(13)11(2,12-3)6-7-17-8-9-18(4,14)15/h12H,5-9H2,1-4H3. The second-order valence-corrected chi connectivity index (χ2v) is 7.78. The summed E-state index contributed by atoms with van der Waals surface area (Å²) in [6, 6.07) is 0. The van der Waals surface area contributed by atoms with Crippen molar-refractivity contribution in [2.75, 3.05) is 37.2 Å². The summed E-state index contributed by atoms with van der Waals surface area (Å²) in [5, 5.41) is 2.96. The van der Waals surface area contributed by atoms with E-state index in [4.69, 9.17) is 4.74 Å². The van der Waals surface area contributed by atoms with E-state index in [0.29, 0.717) is 24.5 Å². The lowest BCUT2D eigenvalue weighted by molar-refractivity contribution is -0.150. The molecule has 108 valence electrons. The molecule has 0 fully saturated rings. The lowest BCUT2D eigenvalue weighted by Gasteiger charge is -2.26. The quantitative estimate of drug-likeness (QED) is 0.499. The predicted molar refractivity (Wildman–Crippen MR) is 75.8 cm³/mol. The Hall–Kier alpha value is -0.270. The predicted octanol–water partition coefficient (Wildman–Crippen LogP) is 0.695. The smallest absolute Gasteiger partial charge is 0.326 e. The van der Waals surface area contributed by atoms with E-state index in [0.717, 1.165) is 0 Å². The third kappa shape index (κ3) is 7.23. The van der Waals surface area contributed by atoms with Crippen LogP contribution in [0.25, 0.3) is 0 Å². The van der Waals surface area contributed by atoms with Crippen molar-refractivity contribution in [3.63, 3.8) is 0 Å². The van der Waals surface area contributed by atoms with Gasteiger partial charge in [0, 0.05) is 12.0 Å². The second-order valence-electron chi connectivity index (χ2n) is 4.29. The van der Waals surface area contributed by atoms with Gasteiger partial charge in [-0.2, -0.15) is 11.8 Å². The Morgan fingerprint density at radius 2 is 2.00 bits per heavy atom. The fraction of sp³-hybridized carbons (Fsp3) is 0.909. The Labute approximate surface area is 114 Å². The molecule has 0 spiro atoms. The van der Waals surface area contributed by atoms with Gasteiger partial charge in [0.25, 0.3) is 0 Å². The SMILES string of the molecule is CCOC(=O)C(C)(CCSCCS(C)(=O)=O)NC. The molecule has 0 aromatic rings. The number of carbonyl (C=O) groups excluding carboxylic acids is 1. The molecule has 0 bridgehead atoms. The van der Waals surface area contributed by atoms with E-state index in [-0.39, 0.29) is 11.7 Å². The van der Waals surface area contributed by atoms with Crippen molar-refractivity contribution in [3.05, 3.63) is 0 Å². The zero-order valence-electron chi connectivity index (χ0n) is 11.5. The van der Waals surface area contributed by atoms with E-state index in [2.05, 4.69) is 5.32 Å². The van der Waals surface area contributed by atoms with Crippen LogP contribution in [0.15, 0.2) is 0 Å². The molecule has 7 heteroatoms. The van der Waals surface area contributed by atoms with Crippen LogP contribution in [0.3, 0.4) is 0 Å². The topological polar surface area (TPSA) is 72.5 Å². The minimum Gasteiger partial charge on any atom is -0.465 e. The summed E-state index contributed by atoms with van der Waals surface area (Å²) < 4.78 is 26.9. The van der Waals surface area contributed by atoms with Crippen LogP contribution in [0, 0.1) is 0 Å². The molecule has 0 amide bonds. The van der Waals surface area contributed by atoms with Crippen molar-refractivity contribution >= 4 is 27.6 Å². The van der Waals surface area contributed by atoms with Crippen LogP contribution in [0.1, 0.15) is 20.3 Å². The minimum absolute atomic E-state index is 0.174. The molecule has 0 aliphatic rings. The number of rotatable bonds is 9. The largest absolute Gasteiger partial charge is 0.465 e. The van der Waals surface area contributed by atoms with Gasteiger partial charge in [-0.3, -0.25) is 4.79 Å². The normalized spacial score (nSPS) is 15.1. The average Bonchev–Trinajstić information content (AvgIpc) is 2.27. The van der Waals surface area contributed by atoms with Crippen molar-refractivity contribution in [3.8, 4) is 0 Å². The summed E-state index contributed by atoms with van der Waals surface area (Å²) >= 11 is 1.53. The summed E-state index contributed by atoms with van der Waals surface area (Å²) in [5.41, 5.74) is -0.700. The van der Waals surface area contributed by atoms with Crippen LogP contribution in [-0.2, 0) is 19.4 Å². The number of carbonyl (C=O) groups is 1. The summed E-state index contributed by atoms with van der Waals surface area (Å²) in [7, 11) is -1.18. The van der Waals surface area contributed by atoms with E-state index < -0.39 is 15.4 Å². The highest BCUT2D eigenvalue weighted by molar-refractivity contribution is 8.00. The first kappa shape index (κ1) is 17.7. The maximum Gasteiger partial charge on any atom is 0.326 e. The molecule has 0 heterocycles. The molecular formula is C11H23NO4S2. The van der Waals surface area contributed by atoms with Crippen molar-refractivity contribution in [2.45, 2.75) is 25.8 Å². The number of esters is 1. The van der Waals surface area contributed by atoms with Crippen molar-refractivity contribution < 1.29 is 17.9 Å². The summed E-state index contributed by atoms with van der Waals surface area (Å²) in [4.78, 5) is 11.7. The molecule has 0 rings (SSSR count). The number of likely N-dealkylation sites (N-methyl/N-ethyl adjacent to an activating group) is 1. The Morgan fingerprint density at radius 3 is 2.44 bits per heavy atom. The van der Waals surface area contributed by atoms with Crippen molar-refractivity contribution in [1.82, 2.24) is 5.32 Å². The lowest BCUT2D eigenvalue weighted by Crippen LogP contribution is -2.49. The summed E-state index contributed by atoms with van der Waals surface area (Å²) in [5.74, 6) is 1.18. The third-order valence-electron chi connectivity index (χ3n) is 2.62. The Kier molecular flexibility index (Phi) is 7.89. The van der Waals surface area contributed by atoms with E-state index >= 15 is 0 Å². The van der Waals surface area contributed by atoms with E-state index in [1.165, 1.54) is 18.0 Å². The molecule has 0 aromatic carbocycles. The number of nitrogens with one attached hydrogen (secondary N) is 1. The first-order valence-electron chi connectivity index (χ1n) is 5.87. The monoisotopic (exact) mass is 297 g/mol. The zero-order chi connectivity index (χ0) is 14.2. The van der Waals surface area contributed by atoms with E-state index in [1.807, 2.05) is 0 Å². The number of ether oxygens (including phenoxy) is 1. The van der Waals surface area contributed by atoms with Crippen LogP contribution in [0.2, 0.25) is 0 Å². The van der Waals surface area contributed by atoms with Crippen LogP contribution in [-0.4, -0.2) is 57.1 Å². The fourth-order valence-electron chi connectivity index (χ4n) is 1.21. The highest BCUT2D eigenvalue weighted by atomic mass is 32.2. The van der Waals surface area contributed by atoms with Gasteiger partial charge in [-0.05, 0) is 33.1 Å². The number of sulfone groups is 1. The van der Waals surface area contributed by atoms with Crippen LogP contribution < -0.4 is 5.32 Å². The second kappa shape index (κ2) is 8.01. The molecule has 1 N–H and O–H groups in total. The Bertz CT molecular complexity index is 356. The maximum atomic E-state index is 11.7. The van der Waals surface area contributed by atoms with E-state index in [1.54, 1.807) is 20.9 Å². The van der Waals surface area contributed by atoms with Gasteiger partial charge < -0.3 is 10.1 Å². The Balaban J connectivity index is 4.04. The van der Waals surface area contributed by atoms with Gasteiger partial charge in [0.15, 0.2) is 0 Å². The molecule has 0 radical (unpaired) electrons. The molecule has 0 aromatic heterocycles. The van der Waals surface area contributed by atoms with Gasteiger partial charge in [-0.1, -0.05) is 0 Å². The Morgan fingerprint density at radius 1 is 1.39 bits per heavy atom. The number of thioether (sulfide) groups is 1. The minimum atomic E-state index is -2.90. The fourth-order valence-corrected chi connectivity index (χ4v) is 3.65. The molecule has 5 nitrogen and oxygen atoms in total. The van der Waals surface area contributed by atoms with Gasteiger partial charge in [0.2, 0.25) is 0 Å². The van der Waals surface area contributed by atoms with Gasteiger partial charge >= 0.3 is 5.97 Å². The highest BCUT2D eigenvalue weighted by Gasteiger charge is 2.32. The van der Waals surface area contributed by atoms with Crippen LogP contribution in [0.5, 0.6) is 0 Å². The van der Waals surface area contributed by atoms with E-state index in [9.17, 15) is 13.2 Å². The van der Waals surface area contributed by atoms with Gasteiger partial charge in [-0.25, -0.2) is 8.42 Å². The molecule has 0 aliphatic heterocycles. The highest BCUT2D eigenvalue weighted by Crippen LogP contribution is 2.16. The first-order chi connectivity index (χ1) is 8.25. The number of hydrogen-bond donors (Lipinski definition) is 1. The van der Waals surface area contributed by atoms with Crippen molar-refractivity contribution in [1.29, 1.82) is 0 Å². The third-order valence-corrected chi connectivity index (χ3v) is 4.81.